The second kappa shape index (κ2) is 8.40. The molecule has 3 saturated heterocycles. The summed E-state index contributed by atoms with van der Waals surface area (Å²) < 4.78 is 30.5. The van der Waals surface area contributed by atoms with E-state index in [1.54, 1.807) is 4.90 Å². The fraction of sp³-hybridized carbons (Fsp3) is 0.591. The first-order valence-corrected chi connectivity index (χ1v) is 11.3. The van der Waals surface area contributed by atoms with E-state index in [0.717, 1.165) is 45.1 Å². The van der Waals surface area contributed by atoms with Crippen molar-refractivity contribution in [2.75, 3.05) is 44.2 Å². The lowest BCUT2D eigenvalue weighted by molar-refractivity contribution is -0.136. The van der Waals surface area contributed by atoms with E-state index < -0.39 is 35.4 Å². The number of halogens is 2. The third kappa shape index (κ3) is 3.65. The molecule has 0 spiro atoms. The van der Waals surface area contributed by atoms with Crippen molar-refractivity contribution >= 4 is 23.4 Å². The normalized spacial score (nSPS) is 25.3. The van der Waals surface area contributed by atoms with Crippen molar-refractivity contribution in [1.82, 2.24) is 20.4 Å². The molecule has 5 rings (SSSR count). The highest BCUT2D eigenvalue weighted by Crippen LogP contribution is 2.36. The number of carbonyl (C=O) groups excluding carboxylic acids is 3. The van der Waals surface area contributed by atoms with Gasteiger partial charge in [0.05, 0.1) is 12.1 Å². The predicted molar refractivity (Wildman–Crippen MR) is 112 cm³/mol. The first kappa shape index (κ1) is 21.3. The number of rotatable bonds is 3. The minimum absolute atomic E-state index is 0.0400. The first-order valence-electron chi connectivity index (χ1n) is 11.3. The van der Waals surface area contributed by atoms with Crippen LogP contribution in [0, 0.1) is 11.6 Å². The van der Waals surface area contributed by atoms with Gasteiger partial charge in [0.2, 0.25) is 11.8 Å². The molecule has 4 aliphatic heterocycles. The van der Waals surface area contributed by atoms with E-state index in [-0.39, 0.29) is 36.2 Å². The van der Waals surface area contributed by atoms with Crippen LogP contribution < -0.4 is 15.5 Å². The van der Waals surface area contributed by atoms with Gasteiger partial charge in [-0.25, -0.2) is 8.78 Å². The standard InChI is InChI=1S/C22H27F2N5O3/c23-16-11-14-15(12-29(22(14)32)17-1-2-18(30)26-21(17)31)19(24)20(16)28-9-7-27(8-10-28)13-3-5-25-6-4-13/h11,13,17,25H,1-10,12H2,(H,26,30,31). The topological polar surface area (TPSA) is 85.0 Å². The van der Waals surface area contributed by atoms with Gasteiger partial charge in [0.15, 0.2) is 5.82 Å². The van der Waals surface area contributed by atoms with Gasteiger partial charge in [-0.3, -0.25) is 24.6 Å². The molecule has 172 valence electrons. The monoisotopic (exact) mass is 447 g/mol. The van der Waals surface area contributed by atoms with Crippen LogP contribution in [-0.4, -0.2) is 78.9 Å². The number of anilines is 1. The van der Waals surface area contributed by atoms with Crippen LogP contribution in [0.4, 0.5) is 14.5 Å². The van der Waals surface area contributed by atoms with E-state index in [1.165, 1.54) is 4.90 Å². The Kier molecular flexibility index (Phi) is 5.58. The van der Waals surface area contributed by atoms with Crippen LogP contribution in [0.15, 0.2) is 6.07 Å². The fourth-order valence-electron chi connectivity index (χ4n) is 5.39. The maximum Gasteiger partial charge on any atom is 0.255 e. The number of piperazine rings is 1. The van der Waals surface area contributed by atoms with E-state index >= 15 is 8.78 Å². The highest BCUT2D eigenvalue weighted by molar-refractivity contribution is 6.05. The second-order valence-electron chi connectivity index (χ2n) is 8.95. The van der Waals surface area contributed by atoms with E-state index in [9.17, 15) is 14.4 Å². The predicted octanol–water partition coefficient (Wildman–Crippen LogP) is 0.600. The molecule has 0 radical (unpaired) electrons. The first-order chi connectivity index (χ1) is 15.4. The van der Waals surface area contributed by atoms with Gasteiger partial charge < -0.3 is 15.1 Å². The number of piperidine rings is 2. The van der Waals surface area contributed by atoms with Crippen LogP contribution in [0.25, 0.3) is 0 Å². The van der Waals surface area contributed by atoms with Crippen molar-refractivity contribution in [1.29, 1.82) is 0 Å². The van der Waals surface area contributed by atoms with Gasteiger partial charge in [0.1, 0.15) is 17.5 Å². The molecule has 8 nitrogen and oxygen atoms in total. The maximum atomic E-state index is 15.5. The Morgan fingerprint density at radius 1 is 0.969 bits per heavy atom. The second-order valence-corrected chi connectivity index (χ2v) is 8.95. The Balaban J connectivity index is 1.34. The highest BCUT2D eigenvalue weighted by atomic mass is 19.1. The lowest BCUT2D eigenvalue weighted by atomic mass is 10.0. The summed E-state index contributed by atoms with van der Waals surface area (Å²) in [6.07, 6.45) is 2.46. The summed E-state index contributed by atoms with van der Waals surface area (Å²) in [5.41, 5.74) is -0.00897. The molecule has 2 N–H and O–H groups in total. The number of benzene rings is 1. The lowest BCUT2D eigenvalue weighted by Crippen LogP contribution is -2.53. The van der Waals surface area contributed by atoms with Crippen molar-refractivity contribution < 1.29 is 23.2 Å². The number of hydrogen-bond acceptors (Lipinski definition) is 6. The van der Waals surface area contributed by atoms with Crippen LogP contribution in [0.5, 0.6) is 0 Å². The van der Waals surface area contributed by atoms with Crippen LogP contribution in [-0.2, 0) is 16.1 Å². The SMILES string of the molecule is O=C1CCC(N2Cc3c(cc(F)c(N4CCN(C5CCNCC5)CC4)c3F)C2=O)C(=O)N1. The average molecular weight is 447 g/mol. The third-order valence-electron chi connectivity index (χ3n) is 7.16. The molecule has 1 atom stereocenters. The molecule has 10 heteroatoms. The number of nitrogens with one attached hydrogen (secondary N) is 2. The molecule has 1 aromatic carbocycles. The van der Waals surface area contributed by atoms with E-state index in [0.29, 0.717) is 19.1 Å². The van der Waals surface area contributed by atoms with Gasteiger partial charge in [0, 0.05) is 44.2 Å². The summed E-state index contributed by atoms with van der Waals surface area (Å²) in [5.74, 6) is -3.01. The molecule has 4 aliphatic rings. The summed E-state index contributed by atoms with van der Waals surface area (Å²) >= 11 is 0. The van der Waals surface area contributed by atoms with Crippen molar-refractivity contribution in [3.8, 4) is 0 Å². The molecule has 3 amide bonds. The number of hydrogen-bond donors (Lipinski definition) is 2. The number of nitrogens with zero attached hydrogens (tertiary/aromatic N) is 3. The zero-order valence-electron chi connectivity index (χ0n) is 17.8. The molecule has 1 aromatic rings. The van der Waals surface area contributed by atoms with E-state index in [1.807, 2.05) is 0 Å². The molecule has 0 aromatic heterocycles. The van der Waals surface area contributed by atoms with Crippen molar-refractivity contribution in [3.63, 3.8) is 0 Å². The maximum absolute atomic E-state index is 15.5. The zero-order chi connectivity index (χ0) is 22.4. The largest absolute Gasteiger partial charge is 0.364 e. The Hall–Kier alpha value is -2.59. The number of fused-ring (bicyclic) bond motifs is 1. The molecule has 0 bridgehead atoms. The summed E-state index contributed by atoms with van der Waals surface area (Å²) in [6.45, 7) is 4.40. The molecule has 32 heavy (non-hydrogen) atoms. The van der Waals surface area contributed by atoms with Crippen molar-refractivity contribution in [2.24, 2.45) is 0 Å². The Bertz CT molecular complexity index is 957. The smallest absolute Gasteiger partial charge is 0.255 e. The van der Waals surface area contributed by atoms with Gasteiger partial charge >= 0.3 is 0 Å². The Morgan fingerprint density at radius 3 is 2.38 bits per heavy atom. The minimum Gasteiger partial charge on any atom is -0.364 e. The summed E-state index contributed by atoms with van der Waals surface area (Å²) in [7, 11) is 0. The molecule has 0 saturated carbocycles. The zero-order valence-corrected chi connectivity index (χ0v) is 17.8. The molecule has 4 heterocycles. The molecule has 3 fully saturated rings. The van der Waals surface area contributed by atoms with Gasteiger partial charge in [-0.05, 0) is 38.4 Å². The van der Waals surface area contributed by atoms with Crippen LogP contribution in [0.3, 0.4) is 0 Å². The van der Waals surface area contributed by atoms with Gasteiger partial charge in [-0.1, -0.05) is 0 Å². The average Bonchev–Trinajstić information content (AvgIpc) is 3.11. The van der Waals surface area contributed by atoms with Crippen LogP contribution in [0.1, 0.15) is 41.6 Å². The third-order valence-corrected chi connectivity index (χ3v) is 7.16. The number of carbonyl (C=O) groups is 3. The Morgan fingerprint density at radius 2 is 1.69 bits per heavy atom. The fourth-order valence-corrected chi connectivity index (χ4v) is 5.39. The van der Waals surface area contributed by atoms with Gasteiger partial charge in [0.25, 0.3) is 5.91 Å². The van der Waals surface area contributed by atoms with E-state index in [2.05, 4.69) is 15.5 Å². The van der Waals surface area contributed by atoms with E-state index in [4.69, 9.17) is 0 Å². The molecule has 1 unspecified atom stereocenters. The van der Waals surface area contributed by atoms with Crippen LogP contribution >= 0.6 is 0 Å². The Labute approximate surface area is 184 Å². The highest BCUT2D eigenvalue weighted by Gasteiger charge is 2.42. The van der Waals surface area contributed by atoms with Crippen LogP contribution in [0.2, 0.25) is 0 Å². The number of amides is 3. The molecule has 0 aliphatic carbocycles. The summed E-state index contributed by atoms with van der Waals surface area (Å²) in [5, 5.41) is 5.57. The molecular weight excluding hydrogens is 420 g/mol. The lowest BCUT2D eigenvalue weighted by Gasteiger charge is -2.41. The van der Waals surface area contributed by atoms with Crippen molar-refractivity contribution in [3.05, 3.63) is 28.8 Å². The minimum atomic E-state index is -0.855. The van der Waals surface area contributed by atoms with Gasteiger partial charge in [-0.2, -0.15) is 0 Å². The summed E-state index contributed by atoms with van der Waals surface area (Å²) in [4.78, 5) is 41.8. The number of imide groups is 1. The molecular formula is C22H27F2N5O3. The van der Waals surface area contributed by atoms with Crippen molar-refractivity contribution in [2.45, 2.75) is 44.3 Å². The van der Waals surface area contributed by atoms with Gasteiger partial charge in [-0.15, -0.1) is 0 Å². The summed E-state index contributed by atoms with van der Waals surface area (Å²) in [6, 6.07) is 0.751. The quantitative estimate of drug-likeness (QED) is 0.661.